The summed E-state index contributed by atoms with van der Waals surface area (Å²) in [5, 5.41) is 10.7. The Hall–Kier alpha value is -4.32. The molecule has 3 rings (SSSR count). The number of anilines is 1. The molecule has 0 unspecified atom stereocenters. The molecule has 2 heterocycles. The van der Waals surface area contributed by atoms with Crippen LogP contribution in [0.4, 0.5) is 5.82 Å². The lowest BCUT2D eigenvalue weighted by Crippen LogP contribution is -2.59. The average Bonchev–Trinajstić information content (AvgIpc) is 3.00. The molecule has 1 aromatic heterocycles. The van der Waals surface area contributed by atoms with E-state index in [-0.39, 0.29) is 18.2 Å². The van der Waals surface area contributed by atoms with Gasteiger partial charge in [0.1, 0.15) is 17.9 Å². The third kappa shape index (κ3) is 9.60. The van der Waals surface area contributed by atoms with Gasteiger partial charge in [-0.3, -0.25) is 24.0 Å². The lowest BCUT2D eigenvalue weighted by atomic mass is 9.85. The number of ketones is 1. The van der Waals surface area contributed by atoms with E-state index in [1.807, 2.05) is 35.2 Å². The van der Waals surface area contributed by atoms with Crippen LogP contribution in [0.5, 0.6) is 0 Å². The van der Waals surface area contributed by atoms with Crippen LogP contribution in [0, 0.1) is 11.3 Å². The average molecular weight is 617 g/mol. The van der Waals surface area contributed by atoms with Gasteiger partial charge in [-0.05, 0) is 36.0 Å². The molecule has 0 spiro atoms. The van der Waals surface area contributed by atoms with Crippen LogP contribution in [0.1, 0.15) is 63.2 Å². The molecule has 0 aliphatic carbocycles. The molecular weight excluding hydrogens is 564 g/mol. The van der Waals surface area contributed by atoms with Crippen molar-refractivity contribution < 1.29 is 34.4 Å². The maximum absolute atomic E-state index is 13.4. The highest BCUT2D eigenvalue weighted by Crippen LogP contribution is 2.21. The van der Waals surface area contributed by atoms with E-state index in [2.05, 4.69) is 26.3 Å². The Morgan fingerprint density at radius 1 is 0.932 bits per heavy atom. The zero-order valence-corrected chi connectivity index (χ0v) is 26.3. The van der Waals surface area contributed by atoms with E-state index in [1.54, 1.807) is 52.9 Å². The number of benzene rings is 1. The molecule has 2 aromatic rings. The third-order valence-corrected chi connectivity index (χ3v) is 7.27. The van der Waals surface area contributed by atoms with Crippen molar-refractivity contribution in [2.24, 2.45) is 11.3 Å². The number of nitrogens with zero attached hydrogens (tertiary/aromatic N) is 2. The number of hydrogen-bond donors (Lipinski definition) is 4. The molecule has 1 fully saturated rings. The first-order valence-corrected chi connectivity index (χ1v) is 14.8. The fourth-order valence-corrected chi connectivity index (χ4v) is 4.60. The van der Waals surface area contributed by atoms with Gasteiger partial charge < -0.3 is 30.9 Å². The van der Waals surface area contributed by atoms with Crippen molar-refractivity contribution in [3.05, 3.63) is 59.8 Å². The molecule has 0 bridgehead atoms. The van der Waals surface area contributed by atoms with Gasteiger partial charge in [-0.25, -0.2) is 4.98 Å². The number of morpholine rings is 1. The van der Waals surface area contributed by atoms with E-state index in [9.17, 15) is 24.0 Å². The first kappa shape index (κ1) is 34.2. The van der Waals surface area contributed by atoms with Crippen LogP contribution < -0.4 is 26.2 Å². The van der Waals surface area contributed by atoms with Gasteiger partial charge in [-0.15, -0.1) is 0 Å². The predicted octanol–water partition coefficient (Wildman–Crippen LogP) is 2.58. The molecule has 4 amide bonds. The fraction of sp³-hybridized carbons (Fsp3) is 0.500. The summed E-state index contributed by atoms with van der Waals surface area (Å²) in [4.78, 5) is 71.6. The Morgan fingerprint density at radius 2 is 1.59 bits per heavy atom. The largest absolute Gasteiger partial charge is 0.378 e. The van der Waals surface area contributed by atoms with Gasteiger partial charge in [0.15, 0.2) is 0 Å². The molecule has 44 heavy (non-hydrogen) atoms. The van der Waals surface area contributed by atoms with Gasteiger partial charge in [-0.2, -0.15) is 0 Å². The molecule has 1 aliphatic rings. The summed E-state index contributed by atoms with van der Waals surface area (Å²) in [6.07, 6.45) is 1.55. The van der Waals surface area contributed by atoms with Crippen LogP contribution in [0.2, 0.25) is 0 Å². The minimum Gasteiger partial charge on any atom is -0.378 e. The number of hydrogen-bond acceptors (Lipinski definition) is 8. The Morgan fingerprint density at radius 3 is 2.20 bits per heavy atom. The third-order valence-electron chi connectivity index (χ3n) is 7.27. The second-order valence-electron chi connectivity index (χ2n) is 12.3. The SMILES string of the molecule is CC(C)[C@H](NC(=O)[C@H](C)NC(=O)[C@@H](NC(=O)c1ccnc(N2CCOCC2)c1)C(C)(C)C)C(=O)C(=O)NCc1ccccc1.[HH].[HH].[HH].[HH]. The van der Waals surface area contributed by atoms with Crippen LogP contribution in [-0.4, -0.2) is 78.8 Å². The topological polar surface area (TPSA) is 159 Å². The highest BCUT2D eigenvalue weighted by atomic mass is 16.5. The number of ether oxygens (including phenoxy) is 1. The predicted molar refractivity (Wildman–Crippen MR) is 174 cm³/mol. The second-order valence-corrected chi connectivity index (χ2v) is 12.3. The van der Waals surface area contributed by atoms with Crippen LogP contribution in [0.25, 0.3) is 0 Å². The summed E-state index contributed by atoms with van der Waals surface area (Å²) in [6, 6.07) is 9.26. The molecule has 0 radical (unpaired) electrons. The van der Waals surface area contributed by atoms with Crippen molar-refractivity contribution in [1.29, 1.82) is 0 Å². The number of Topliss-reactive ketones (excluding diaryl/α,β-unsaturated/α-hetero) is 1. The molecule has 1 aromatic carbocycles. The summed E-state index contributed by atoms with van der Waals surface area (Å²) >= 11 is 0. The second kappa shape index (κ2) is 15.4. The molecule has 0 saturated carbocycles. The summed E-state index contributed by atoms with van der Waals surface area (Å²) in [5.74, 6) is -2.99. The normalized spacial score (nSPS) is 15.5. The number of carbonyl (C=O) groups is 5. The highest BCUT2D eigenvalue weighted by Gasteiger charge is 2.36. The van der Waals surface area contributed by atoms with Crippen LogP contribution in [0.15, 0.2) is 48.7 Å². The Labute approximate surface area is 264 Å². The summed E-state index contributed by atoms with van der Waals surface area (Å²) < 4.78 is 5.39. The van der Waals surface area contributed by atoms with Crippen LogP contribution in [-0.2, 0) is 30.5 Å². The quantitative estimate of drug-likeness (QED) is 0.265. The summed E-state index contributed by atoms with van der Waals surface area (Å²) in [5.41, 5.74) is 0.471. The van der Waals surface area contributed by atoms with E-state index in [0.29, 0.717) is 37.7 Å². The molecule has 246 valence electrons. The highest BCUT2D eigenvalue weighted by molar-refractivity contribution is 6.38. The van der Waals surface area contributed by atoms with Crippen molar-refractivity contribution >= 4 is 35.2 Å². The standard InChI is InChI=1S/C32H44N6O6.4H2/c1-20(2)25(26(39)30(42)34-19-22-10-8-7-9-11-22)36-28(40)21(3)35-31(43)27(32(4,5)6)37-29(41)23-12-13-33-24(18-23)38-14-16-44-17-15-38;;;;/h7-13,18,20-21,25,27H,14-17,19H2,1-6H3,(H,34,42)(H,35,43)(H,36,40)(H,37,41);4*1H/t21-,25-,27+;;;;/m0..../s1. The van der Waals surface area contributed by atoms with Gasteiger partial charge in [0, 0.05) is 37.1 Å². The first-order valence-electron chi connectivity index (χ1n) is 14.8. The summed E-state index contributed by atoms with van der Waals surface area (Å²) in [7, 11) is 0. The zero-order chi connectivity index (χ0) is 32.4. The number of aromatic nitrogens is 1. The van der Waals surface area contributed by atoms with Crippen molar-refractivity contribution in [2.45, 2.75) is 66.2 Å². The van der Waals surface area contributed by atoms with Gasteiger partial charge in [-0.1, -0.05) is 65.0 Å². The van der Waals surface area contributed by atoms with Crippen molar-refractivity contribution in [1.82, 2.24) is 26.3 Å². The molecule has 1 aliphatic heterocycles. The molecule has 12 heteroatoms. The minimum absolute atomic E-state index is 0. The monoisotopic (exact) mass is 616 g/mol. The van der Waals surface area contributed by atoms with Crippen molar-refractivity contribution in [3.8, 4) is 0 Å². The van der Waals surface area contributed by atoms with Gasteiger partial charge in [0.2, 0.25) is 17.6 Å². The lowest BCUT2D eigenvalue weighted by Gasteiger charge is -2.32. The van der Waals surface area contributed by atoms with E-state index in [4.69, 9.17) is 4.74 Å². The molecule has 12 nitrogen and oxygen atoms in total. The fourth-order valence-electron chi connectivity index (χ4n) is 4.60. The number of rotatable bonds is 12. The van der Waals surface area contributed by atoms with E-state index < -0.39 is 53.0 Å². The maximum atomic E-state index is 13.4. The lowest BCUT2D eigenvalue weighted by molar-refractivity contribution is -0.141. The van der Waals surface area contributed by atoms with E-state index >= 15 is 0 Å². The number of carbonyl (C=O) groups excluding carboxylic acids is 5. The minimum atomic E-state index is -1.09. The molecular formula is C32H52N6O6. The van der Waals surface area contributed by atoms with Crippen LogP contribution >= 0.6 is 0 Å². The first-order chi connectivity index (χ1) is 20.8. The number of amides is 4. The van der Waals surface area contributed by atoms with Crippen molar-refractivity contribution in [3.63, 3.8) is 0 Å². The zero-order valence-electron chi connectivity index (χ0n) is 26.3. The van der Waals surface area contributed by atoms with E-state index in [1.165, 1.54) is 6.92 Å². The van der Waals surface area contributed by atoms with Gasteiger partial charge in [0.05, 0.1) is 19.3 Å². The molecule has 1 saturated heterocycles. The number of nitrogens with one attached hydrogen (secondary N) is 4. The van der Waals surface area contributed by atoms with Crippen LogP contribution in [0.3, 0.4) is 0 Å². The van der Waals surface area contributed by atoms with Crippen molar-refractivity contribution in [2.75, 3.05) is 31.2 Å². The van der Waals surface area contributed by atoms with E-state index in [0.717, 1.165) is 5.56 Å². The molecule has 3 atom stereocenters. The Bertz CT molecular complexity index is 1340. The Kier molecular flexibility index (Phi) is 12.0. The Balaban J connectivity index is 0. The van der Waals surface area contributed by atoms with Gasteiger partial charge in [0.25, 0.3) is 11.8 Å². The smallest absolute Gasteiger partial charge is 0.289 e. The van der Waals surface area contributed by atoms with Gasteiger partial charge >= 0.3 is 0 Å². The molecule has 4 N–H and O–H groups in total. The number of pyridine rings is 1. The maximum Gasteiger partial charge on any atom is 0.289 e. The summed E-state index contributed by atoms with van der Waals surface area (Å²) in [6.45, 7) is 12.9.